The maximum Gasteiger partial charge on any atom is 0.272 e. The van der Waals surface area contributed by atoms with Gasteiger partial charge in [0.25, 0.3) is 6.33 Å². The van der Waals surface area contributed by atoms with Gasteiger partial charge in [0.2, 0.25) is 0 Å². The van der Waals surface area contributed by atoms with Gasteiger partial charge in [-0.25, -0.2) is 4.98 Å². The SMILES string of the molecule is CC(C)(C)c1cc(-[n+]2[c-]n(-c3[c-]c(Oc4[c-]c5c(cc4)c4ccccc4n5-c4cc(C(C)(C)c5ccccc5)ccn4)ccc3)c(-c3c(-c4cc(-c5ccccc5)cc(-c5ccccc5)c4)cccc3-c3cc(-c4ccccc4)cc(-c4ccccc4)c3)n2)cc(C(C)(C)C)c1.[Pt]. The van der Waals surface area contributed by atoms with E-state index < -0.39 is 0 Å². The van der Waals surface area contributed by atoms with Crippen LogP contribution in [-0.2, 0) is 37.3 Å². The van der Waals surface area contributed by atoms with Gasteiger partial charge in [0, 0.05) is 55.3 Å². The molecule has 97 heavy (non-hydrogen) atoms. The molecule has 0 saturated heterocycles. The molecule has 0 aliphatic rings. The Bertz CT molecular complexity index is 5060. The maximum absolute atomic E-state index is 7.02. The number of rotatable bonds is 14. The number of pyridine rings is 1. The number of aromatic nitrogens is 5. The first-order valence-electron chi connectivity index (χ1n) is 33.0. The van der Waals surface area contributed by atoms with Crippen LogP contribution in [0.5, 0.6) is 11.5 Å². The van der Waals surface area contributed by atoms with Gasteiger partial charge in [-0.1, -0.05) is 273 Å². The number of benzene rings is 12. The normalized spacial score (nSPS) is 11.8. The van der Waals surface area contributed by atoms with E-state index in [2.05, 4.69) is 356 Å². The molecule has 476 valence electrons. The van der Waals surface area contributed by atoms with Crippen LogP contribution in [-0.4, -0.2) is 19.2 Å². The van der Waals surface area contributed by atoms with Crippen molar-refractivity contribution in [2.75, 3.05) is 0 Å². The monoisotopic (exact) mass is 1430 g/mol. The minimum atomic E-state index is -0.281. The van der Waals surface area contributed by atoms with Crippen LogP contribution in [0.15, 0.2) is 297 Å². The van der Waals surface area contributed by atoms with E-state index in [0.717, 1.165) is 111 Å². The Morgan fingerprint density at radius 1 is 0.381 bits per heavy atom. The minimum Gasteiger partial charge on any atom is -0.510 e. The van der Waals surface area contributed by atoms with E-state index in [1.165, 1.54) is 16.7 Å². The van der Waals surface area contributed by atoms with Gasteiger partial charge in [-0.2, -0.15) is 22.9 Å². The van der Waals surface area contributed by atoms with Crippen molar-refractivity contribution in [3.8, 4) is 107 Å². The third-order valence-electron chi connectivity index (χ3n) is 18.7. The van der Waals surface area contributed by atoms with Gasteiger partial charge in [-0.05, 0) is 160 Å². The van der Waals surface area contributed by atoms with Crippen LogP contribution >= 0.6 is 0 Å². The summed E-state index contributed by atoms with van der Waals surface area (Å²) >= 11 is 0. The molecular weight excluding hydrogens is 1360 g/mol. The largest absolute Gasteiger partial charge is 0.510 e. The molecule has 0 aliphatic carbocycles. The van der Waals surface area contributed by atoms with Crippen LogP contribution in [0.3, 0.4) is 0 Å². The van der Waals surface area contributed by atoms with E-state index in [9.17, 15) is 0 Å². The number of para-hydroxylation sites is 1. The molecule has 15 aromatic rings. The van der Waals surface area contributed by atoms with Crippen LogP contribution in [0.1, 0.15) is 77.6 Å². The quantitative estimate of drug-likeness (QED) is 0.0805. The predicted molar refractivity (Wildman–Crippen MR) is 394 cm³/mol. The fraction of sp³-hybridized carbons (Fsp3) is 0.122. The topological polar surface area (TPSA) is 48.8 Å². The van der Waals surface area contributed by atoms with Crippen LogP contribution < -0.4 is 9.42 Å². The molecule has 0 N–H and O–H groups in total. The maximum atomic E-state index is 7.02. The summed E-state index contributed by atoms with van der Waals surface area (Å²) in [6, 6.07) is 111. The third kappa shape index (κ3) is 12.7. The Kier molecular flexibility index (Phi) is 17.1. The van der Waals surface area contributed by atoms with Crippen molar-refractivity contribution in [2.45, 2.75) is 71.6 Å². The Hall–Kier alpha value is -10.8. The molecule has 0 bridgehead atoms. The molecule has 0 atom stereocenters. The summed E-state index contributed by atoms with van der Waals surface area (Å²) < 4.78 is 13.2. The van der Waals surface area contributed by atoms with Gasteiger partial charge in [-0.3, -0.25) is 0 Å². The number of nitrogens with zero attached hydrogens (tertiary/aromatic N) is 5. The Morgan fingerprint density at radius 3 is 1.38 bits per heavy atom. The van der Waals surface area contributed by atoms with E-state index in [1.807, 2.05) is 29.1 Å². The van der Waals surface area contributed by atoms with Crippen molar-refractivity contribution in [1.82, 2.24) is 19.2 Å². The summed E-state index contributed by atoms with van der Waals surface area (Å²) in [5, 5.41) is 8.01. The van der Waals surface area contributed by atoms with Gasteiger partial charge >= 0.3 is 0 Å². The number of fused-ring (bicyclic) bond motifs is 3. The number of hydrogen-bond donors (Lipinski definition) is 0. The Balaban J connectivity index is 0.00000807. The molecule has 0 unspecified atom stereocenters. The van der Waals surface area contributed by atoms with Crippen molar-refractivity contribution >= 4 is 21.8 Å². The van der Waals surface area contributed by atoms with Crippen molar-refractivity contribution in [2.24, 2.45) is 0 Å². The summed E-state index contributed by atoms with van der Waals surface area (Å²) in [4.78, 5) is 5.04. The Morgan fingerprint density at radius 2 is 0.856 bits per heavy atom. The molecule has 0 aliphatic heterocycles. The number of ether oxygens (including phenoxy) is 1. The molecule has 3 heterocycles. The molecule has 15 rings (SSSR count). The molecule has 7 heteroatoms. The molecule has 3 aromatic heterocycles. The molecule has 0 fully saturated rings. The fourth-order valence-corrected chi connectivity index (χ4v) is 13.2. The zero-order valence-corrected chi connectivity index (χ0v) is 58.0. The van der Waals surface area contributed by atoms with Gasteiger partial charge in [-0.15, -0.1) is 34.8 Å². The van der Waals surface area contributed by atoms with E-state index in [0.29, 0.717) is 23.0 Å². The number of hydrogen-bond acceptors (Lipinski definition) is 3. The summed E-state index contributed by atoms with van der Waals surface area (Å²) in [6.45, 7) is 18.2. The average Bonchev–Trinajstić information content (AvgIpc) is 1.73. The summed E-state index contributed by atoms with van der Waals surface area (Å²) in [5.41, 5.74) is 21.5. The van der Waals surface area contributed by atoms with Crippen LogP contribution in [0.25, 0.3) is 117 Å². The molecular formula is C90H73N5OPt-2. The first-order chi connectivity index (χ1) is 46.6. The van der Waals surface area contributed by atoms with Gasteiger partial charge in [0.1, 0.15) is 5.82 Å². The standard InChI is InChI=1S/C90H73N5O.Pt/c1-88(2,3)73-54-74(89(4,5)6)56-76(55-73)94-60-93(75-38-26-39-77(58-75)96-78-44-45-82-81-40-24-25-43-83(81)95(84(82)59-78)85-57-72(46-47-91-85)90(7,8)71-36-22-13-23-37-71)87(92-94)86-79(69-50-65(61-28-14-9-15-29-61)48-66(51-69)62-30-16-10-17-31-62)41-27-42-80(86)70-52-67(63-32-18-11-19-33-63)49-68(53-70)64-34-20-12-21-35-64;/h9-57H,1-8H3;/q-2;. The van der Waals surface area contributed by atoms with Crippen molar-refractivity contribution < 1.29 is 30.5 Å². The molecule has 0 spiro atoms. The van der Waals surface area contributed by atoms with Crippen molar-refractivity contribution in [3.05, 3.63) is 338 Å². The zero-order valence-electron chi connectivity index (χ0n) is 55.8. The first kappa shape index (κ1) is 63.6. The fourth-order valence-electron chi connectivity index (χ4n) is 13.2. The molecule has 0 radical (unpaired) electrons. The zero-order chi connectivity index (χ0) is 65.7. The second-order valence-corrected chi connectivity index (χ2v) is 27.6. The minimum absolute atomic E-state index is 0. The third-order valence-corrected chi connectivity index (χ3v) is 18.7. The molecule has 0 amide bonds. The Labute approximate surface area is 584 Å². The van der Waals surface area contributed by atoms with Crippen LogP contribution in [0.4, 0.5) is 0 Å². The van der Waals surface area contributed by atoms with E-state index in [1.54, 1.807) is 0 Å². The molecule has 12 aromatic carbocycles. The van der Waals surface area contributed by atoms with Gasteiger partial charge < -0.3 is 13.9 Å². The summed E-state index contributed by atoms with van der Waals surface area (Å²) in [6.07, 6.45) is 5.79. The van der Waals surface area contributed by atoms with Crippen LogP contribution in [0, 0.1) is 18.5 Å². The van der Waals surface area contributed by atoms with E-state index in [4.69, 9.17) is 14.8 Å². The smallest absolute Gasteiger partial charge is 0.272 e. The predicted octanol–water partition coefficient (Wildman–Crippen LogP) is 22.4. The van der Waals surface area contributed by atoms with Crippen molar-refractivity contribution in [1.29, 1.82) is 0 Å². The van der Waals surface area contributed by atoms with E-state index >= 15 is 0 Å². The molecule has 6 nitrogen and oxygen atoms in total. The average molecular weight is 1440 g/mol. The first-order valence-corrected chi connectivity index (χ1v) is 33.0. The second kappa shape index (κ2) is 26.1. The van der Waals surface area contributed by atoms with Crippen molar-refractivity contribution in [3.63, 3.8) is 0 Å². The molecule has 0 saturated carbocycles. The van der Waals surface area contributed by atoms with Gasteiger partial charge in [0.15, 0.2) is 5.82 Å². The van der Waals surface area contributed by atoms with Crippen LogP contribution in [0.2, 0.25) is 0 Å². The van der Waals surface area contributed by atoms with E-state index in [-0.39, 0.29) is 37.3 Å². The second-order valence-electron chi connectivity index (χ2n) is 27.6. The summed E-state index contributed by atoms with van der Waals surface area (Å²) in [5.74, 6) is 2.49. The summed E-state index contributed by atoms with van der Waals surface area (Å²) in [7, 11) is 0. The van der Waals surface area contributed by atoms with Gasteiger partial charge in [0.05, 0.1) is 5.69 Å².